The van der Waals surface area contributed by atoms with Gasteiger partial charge in [0, 0.05) is 43.6 Å². The average molecular weight is 394 g/mol. The van der Waals surface area contributed by atoms with Crippen molar-refractivity contribution in [2.24, 2.45) is 0 Å². The van der Waals surface area contributed by atoms with Crippen molar-refractivity contribution in [3.63, 3.8) is 0 Å². The van der Waals surface area contributed by atoms with E-state index < -0.39 is 0 Å². The lowest BCUT2D eigenvalue weighted by atomic mass is 10.2. The Morgan fingerprint density at radius 3 is 2.48 bits per heavy atom. The topological polar surface area (TPSA) is 68.4 Å². The third-order valence-corrected chi connectivity index (χ3v) is 5.20. The number of aromatic amines is 1. The minimum atomic E-state index is -0.343. The number of aromatic nitrogens is 1. The zero-order valence-corrected chi connectivity index (χ0v) is 16.0. The fourth-order valence-corrected chi connectivity index (χ4v) is 3.57. The molecule has 4 rings (SSSR count). The summed E-state index contributed by atoms with van der Waals surface area (Å²) in [6.45, 7) is 3.13. The first-order chi connectivity index (χ1) is 14.1. The molecule has 2 heterocycles. The van der Waals surface area contributed by atoms with Gasteiger partial charge in [-0.05, 0) is 23.8 Å². The number of H-pyrrole nitrogens is 1. The van der Waals surface area contributed by atoms with E-state index in [1.807, 2.05) is 35.2 Å². The molecule has 6 nitrogen and oxygen atoms in total. The van der Waals surface area contributed by atoms with E-state index in [0.29, 0.717) is 55.9 Å². The number of carbonyl (C=O) groups excluding carboxylic acids is 2. The van der Waals surface area contributed by atoms with Gasteiger partial charge >= 0.3 is 0 Å². The van der Waals surface area contributed by atoms with Crippen LogP contribution in [0.15, 0.2) is 54.6 Å². The van der Waals surface area contributed by atoms with Crippen molar-refractivity contribution in [1.82, 2.24) is 20.1 Å². The second-order valence-corrected chi connectivity index (χ2v) is 7.21. The molecule has 29 heavy (non-hydrogen) atoms. The lowest BCUT2D eigenvalue weighted by Gasteiger charge is -2.34. The molecule has 0 bridgehead atoms. The number of rotatable bonds is 5. The van der Waals surface area contributed by atoms with E-state index in [1.165, 1.54) is 6.07 Å². The molecule has 3 aromatic rings. The summed E-state index contributed by atoms with van der Waals surface area (Å²) in [7, 11) is 0. The summed E-state index contributed by atoms with van der Waals surface area (Å²) >= 11 is 0. The summed E-state index contributed by atoms with van der Waals surface area (Å²) in [5, 5.41) is 3.35. The molecule has 1 aromatic heterocycles. The maximum Gasteiger partial charge on any atom is 0.270 e. The Bertz CT molecular complexity index is 1010. The van der Waals surface area contributed by atoms with Crippen LogP contribution < -0.4 is 5.32 Å². The van der Waals surface area contributed by atoms with Gasteiger partial charge in [0.15, 0.2) is 0 Å². The molecule has 1 saturated heterocycles. The van der Waals surface area contributed by atoms with Gasteiger partial charge in [0.1, 0.15) is 11.5 Å². The van der Waals surface area contributed by atoms with Crippen molar-refractivity contribution in [2.45, 2.75) is 6.54 Å². The second-order valence-electron chi connectivity index (χ2n) is 7.21. The van der Waals surface area contributed by atoms with Crippen LogP contribution in [0.3, 0.4) is 0 Å². The molecular formula is C22H23FN4O2. The van der Waals surface area contributed by atoms with E-state index in [9.17, 15) is 14.0 Å². The highest BCUT2D eigenvalue weighted by molar-refractivity contribution is 5.98. The predicted octanol–water partition coefficient (Wildman–Crippen LogP) is 2.38. The Balaban J connectivity index is 1.28. The first-order valence-electron chi connectivity index (χ1n) is 9.69. The minimum Gasteiger partial charge on any atom is -0.351 e. The summed E-state index contributed by atoms with van der Waals surface area (Å²) < 4.78 is 13.9. The zero-order chi connectivity index (χ0) is 20.2. The maximum absolute atomic E-state index is 13.9. The fourth-order valence-electron chi connectivity index (χ4n) is 3.57. The summed E-state index contributed by atoms with van der Waals surface area (Å²) in [5.41, 5.74) is 2.06. The number of piperazine rings is 1. The van der Waals surface area contributed by atoms with Crippen LogP contribution in [0.1, 0.15) is 16.1 Å². The van der Waals surface area contributed by atoms with Gasteiger partial charge in [-0.2, -0.15) is 0 Å². The van der Waals surface area contributed by atoms with Crippen LogP contribution in [0.25, 0.3) is 10.9 Å². The van der Waals surface area contributed by atoms with E-state index in [2.05, 4.69) is 10.3 Å². The summed E-state index contributed by atoms with van der Waals surface area (Å²) in [6.07, 6.45) is 0. The number of fused-ring (bicyclic) bond motifs is 1. The monoisotopic (exact) mass is 394 g/mol. The van der Waals surface area contributed by atoms with Crippen molar-refractivity contribution < 1.29 is 14.0 Å². The maximum atomic E-state index is 13.9. The third-order valence-electron chi connectivity index (χ3n) is 5.20. The lowest BCUT2D eigenvalue weighted by Crippen LogP contribution is -2.51. The summed E-state index contributed by atoms with van der Waals surface area (Å²) in [6, 6.07) is 16.1. The van der Waals surface area contributed by atoms with Gasteiger partial charge in [0.05, 0.1) is 6.54 Å². The van der Waals surface area contributed by atoms with Gasteiger partial charge in [0.2, 0.25) is 5.91 Å². The SMILES string of the molecule is O=C(CN1CCN(C(=O)c2cc3c(F)cccc3[nH]2)CC1)NCc1ccccc1. The standard InChI is InChI=1S/C22H23FN4O2/c23-18-7-4-8-19-17(18)13-20(25-19)22(29)27-11-9-26(10-12-27)15-21(28)24-14-16-5-2-1-3-6-16/h1-8,13,25H,9-12,14-15H2,(H,24,28). The molecule has 0 saturated carbocycles. The smallest absolute Gasteiger partial charge is 0.270 e. The van der Waals surface area contributed by atoms with E-state index in [-0.39, 0.29) is 17.6 Å². The van der Waals surface area contributed by atoms with Crippen LogP contribution in [0, 0.1) is 5.82 Å². The van der Waals surface area contributed by atoms with Gasteiger partial charge in [-0.15, -0.1) is 0 Å². The van der Waals surface area contributed by atoms with Crippen LogP contribution in [0.2, 0.25) is 0 Å². The number of hydrogen-bond acceptors (Lipinski definition) is 3. The number of hydrogen-bond donors (Lipinski definition) is 2. The highest BCUT2D eigenvalue weighted by Gasteiger charge is 2.24. The number of benzene rings is 2. The molecule has 0 unspecified atom stereocenters. The van der Waals surface area contributed by atoms with Gasteiger partial charge < -0.3 is 15.2 Å². The van der Waals surface area contributed by atoms with Crippen LogP contribution in [-0.4, -0.2) is 59.3 Å². The molecular weight excluding hydrogens is 371 g/mol. The van der Waals surface area contributed by atoms with Crippen molar-refractivity contribution in [1.29, 1.82) is 0 Å². The molecule has 2 amide bonds. The van der Waals surface area contributed by atoms with E-state index in [0.717, 1.165) is 5.56 Å². The first-order valence-corrected chi connectivity index (χ1v) is 9.69. The van der Waals surface area contributed by atoms with E-state index in [4.69, 9.17) is 0 Å². The summed E-state index contributed by atoms with van der Waals surface area (Å²) in [4.78, 5) is 31.7. The largest absolute Gasteiger partial charge is 0.351 e. The molecule has 150 valence electrons. The fraction of sp³-hybridized carbons (Fsp3) is 0.273. The molecule has 0 atom stereocenters. The van der Waals surface area contributed by atoms with E-state index in [1.54, 1.807) is 23.1 Å². The lowest BCUT2D eigenvalue weighted by molar-refractivity contribution is -0.122. The molecule has 2 N–H and O–H groups in total. The second kappa shape index (κ2) is 8.45. The van der Waals surface area contributed by atoms with Gasteiger partial charge in [-0.3, -0.25) is 14.5 Å². The number of nitrogens with one attached hydrogen (secondary N) is 2. The number of nitrogens with zero attached hydrogens (tertiary/aromatic N) is 2. The Morgan fingerprint density at radius 1 is 1.00 bits per heavy atom. The zero-order valence-electron chi connectivity index (χ0n) is 16.0. The molecule has 1 aliphatic rings. The van der Waals surface area contributed by atoms with Crippen molar-refractivity contribution in [3.05, 3.63) is 71.7 Å². The quantitative estimate of drug-likeness (QED) is 0.698. The Hall–Kier alpha value is -3.19. The Morgan fingerprint density at radius 2 is 1.76 bits per heavy atom. The predicted molar refractivity (Wildman–Crippen MR) is 109 cm³/mol. The molecule has 0 aliphatic carbocycles. The number of amides is 2. The highest BCUT2D eigenvalue weighted by Crippen LogP contribution is 2.20. The Labute approximate surface area is 168 Å². The van der Waals surface area contributed by atoms with Gasteiger partial charge in [-0.1, -0.05) is 36.4 Å². The summed E-state index contributed by atoms with van der Waals surface area (Å²) in [5.74, 6) is -0.516. The molecule has 2 aromatic carbocycles. The van der Waals surface area contributed by atoms with Crippen LogP contribution in [0.4, 0.5) is 4.39 Å². The van der Waals surface area contributed by atoms with E-state index >= 15 is 0 Å². The normalized spacial score (nSPS) is 14.9. The number of carbonyl (C=O) groups is 2. The van der Waals surface area contributed by atoms with Crippen LogP contribution in [0.5, 0.6) is 0 Å². The Kier molecular flexibility index (Phi) is 5.57. The minimum absolute atomic E-state index is 0.0280. The van der Waals surface area contributed by atoms with Crippen LogP contribution in [-0.2, 0) is 11.3 Å². The van der Waals surface area contributed by atoms with Gasteiger partial charge in [0.25, 0.3) is 5.91 Å². The number of halogens is 1. The van der Waals surface area contributed by atoms with Crippen molar-refractivity contribution in [3.8, 4) is 0 Å². The average Bonchev–Trinajstić information content (AvgIpc) is 3.19. The molecule has 0 spiro atoms. The molecule has 1 aliphatic heterocycles. The third kappa shape index (κ3) is 4.46. The molecule has 0 radical (unpaired) electrons. The molecule has 7 heteroatoms. The molecule has 1 fully saturated rings. The van der Waals surface area contributed by atoms with Crippen LogP contribution >= 0.6 is 0 Å². The first kappa shape index (κ1) is 19.1. The van der Waals surface area contributed by atoms with Gasteiger partial charge in [-0.25, -0.2) is 4.39 Å². The van der Waals surface area contributed by atoms with Crippen molar-refractivity contribution in [2.75, 3.05) is 32.7 Å². The highest BCUT2D eigenvalue weighted by atomic mass is 19.1. The van der Waals surface area contributed by atoms with Crippen molar-refractivity contribution >= 4 is 22.7 Å².